The number of likely N-dealkylation sites (N-methyl/N-ethyl adjacent to an activating group) is 1. The van der Waals surface area contributed by atoms with Gasteiger partial charge in [-0.1, -0.05) is 12.1 Å². The Hall–Kier alpha value is -3.20. The van der Waals surface area contributed by atoms with Crippen molar-refractivity contribution in [2.75, 3.05) is 11.4 Å². The fourth-order valence-electron chi connectivity index (χ4n) is 3.43. The maximum absolute atomic E-state index is 13.0. The van der Waals surface area contributed by atoms with Crippen molar-refractivity contribution in [3.63, 3.8) is 0 Å². The second-order valence-electron chi connectivity index (χ2n) is 6.33. The average molecular weight is 335 g/mol. The highest BCUT2D eigenvalue weighted by molar-refractivity contribution is 6.08. The summed E-state index contributed by atoms with van der Waals surface area (Å²) in [6.07, 6.45) is 0.419. The van der Waals surface area contributed by atoms with Crippen molar-refractivity contribution in [1.82, 2.24) is 0 Å². The lowest BCUT2D eigenvalue weighted by molar-refractivity contribution is -0.384. The predicted octanol–water partition coefficient (Wildman–Crippen LogP) is 3.33. The van der Waals surface area contributed by atoms with E-state index in [2.05, 4.69) is 6.07 Å². The van der Waals surface area contributed by atoms with Crippen LogP contribution in [0.25, 0.3) is 0 Å². The molecule has 1 heterocycles. The summed E-state index contributed by atoms with van der Waals surface area (Å²) in [6.45, 7) is 4.33. The molecule has 25 heavy (non-hydrogen) atoms. The third kappa shape index (κ3) is 2.64. The molecule has 0 spiro atoms. The minimum Gasteiger partial charge on any atom is -0.312 e. The van der Waals surface area contributed by atoms with Crippen LogP contribution in [0.15, 0.2) is 42.5 Å². The highest BCUT2D eigenvalue weighted by Gasteiger charge is 2.46. The maximum Gasteiger partial charge on any atom is 0.269 e. The molecule has 2 aromatic carbocycles. The molecule has 6 nitrogen and oxygen atoms in total. The molecule has 2 aromatic rings. The van der Waals surface area contributed by atoms with Crippen molar-refractivity contribution in [3.8, 4) is 6.07 Å². The number of benzene rings is 2. The van der Waals surface area contributed by atoms with Crippen LogP contribution in [-0.2, 0) is 16.6 Å². The van der Waals surface area contributed by atoms with Crippen molar-refractivity contribution in [3.05, 3.63) is 69.3 Å². The van der Waals surface area contributed by atoms with Gasteiger partial charge in [0, 0.05) is 24.4 Å². The third-order valence-electron chi connectivity index (χ3n) is 4.75. The standard InChI is InChI=1S/C19H17N3O3/c1-3-21-17-9-6-14(12-20)10-16(17)19(2,18(21)23)11-13-4-7-15(8-5-13)22(24)25/h4-10H,3,11H2,1-2H3/t19-/m0/s1. The molecule has 0 unspecified atom stereocenters. The summed E-state index contributed by atoms with van der Waals surface area (Å²) in [5, 5.41) is 20.0. The van der Waals surface area contributed by atoms with Crippen LogP contribution in [0, 0.1) is 21.4 Å². The van der Waals surface area contributed by atoms with Gasteiger partial charge < -0.3 is 4.90 Å². The molecule has 0 bridgehead atoms. The average Bonchev–Trinajstić information content (AvgIpc) is 2.82. The summed E-state index contributed by atoms with van der Waals surface area (Å²) in [7, 11) is 0. The first-order chi connectivity index (χ1) is 11.9. The first-order valence-electron chi connectivity index (χ1n) is 8.00. The number of hydrogen-bond donors (Lipinski definition) is 0. The van der Waals surface area contributed by atoms with Crippen LogP contribution < -0.4 is 4.90 Å². The quantitative estimate of drug-likeness (QED) is 0.633. The number of hydrogen-bond acceptors (Lipinski definition) is 4. The number of fused-ring (bicyclic) bond motifs is 1. The monoisotopic (exact) mass is 335 g/mol. The Balaban J connectivity index is 2.04. The van der Waals surface area contributed by atoms with E-state index in [-0.39, 0.29) is 11.6 Å². The Morgan fingerprint density at radius 1 is 1.24 bits per heavy atom. The van der Waals surface area contributed by atoms with Crippen LogP contribution in [-0.4, -0.2) is 17.4 Å². The molecule has 0 radical (unpaired) electrons. The topological polar surface area (TPSA) is 87.2 Å². The van der Waals surface area contributed by atoms with E-state index in [9.17, 15) is 20.2 Å². The van der Waals surface area contributed by atoms with Gasteiger partial charge in [-0.25, -0.2) is 0 Å². The van der Waals surface area contributed by atoms with Crippen LogP contribution in [0.1, 0.15) is 30.5 Å². The van der Waals surface area contributed by atoms with E-state index in [0.29, 0.717) is 18.5 Å². The van der Waals surface area contributed by atoms with Gasteiger partial charge in [0.1, 0.15) is 0 Å². The van der Waals surface area contributed by atoms with Gasteiger partial charge in [0.2, 0.25) is 5.91 Å². The minimum atomic E-state index is -0.797. The van der Waals surface area contributed by atoms with Crippen molar-refractivity contribution in [2.45, 2.75) is 25.7 Å². The number of rotatable bonds is 4. The Morgan fingerprint density at radius 3 is 2.48 bits per heavy atom. The van der Waals surface area contributed by atoms with Crippen molar-refractivity contribution >= 4 is 17.3 Å². The van der Waals surface area contributed by atoms with Gasteiger partial charge >= 0.3 is 0 Å². The molecule has 1 aliphatic rings. The number of nitro benzene ring substituents is 1. The highest BCUT2D eigenvalue weighted by atomic mass is 16.6. The Kier molecular flexibility index (Phi) is 4.01. The molecule has 126 valence electrons. The number of nitriles is 1. The number of amides is 1. The number of anilines is 1. The lowest BCUT2D eigenvalue weighted by Gasteiger charge is -2.24. The molecule has 1 aliphatic heterocycles. The summed E-state index contributed by atoms with van der Waals surface area (Å²) in [5.41, 5.74) is 2.24. The number of nitro groups is 1. The molecule has 0 saturated carbocycles. The molecule has 0 aromatic heterocycles. The molecular weight excluding hydrogens is 318 g/mol. The predicted molar refractivity (Wildman–Crippen MR) is 93.3 cm³/mol. The number of nitrogens with zero attached hydrogens (tertiary/aromatic N) is 3. The molecule has 6 heteroatoms. The Bertz CT molecular complexity index is 899. The van der Waals surface area contributed by atoms with Crippen molar-refractivity contribution in [1.29, 1.82) is 5.26 Å². The van der Waals surface area contributed by atoms with Crippen molar-refractivity contribution < 1.29 is 9.72 Å². The molecule has 1 atom stereocenters. The molecule has 1 amide bonds. The second kappa shape index (κ2) is 6.02. The van der Waals surface area contributed by atoms with Gasteiger partial charge in [-0.2, -0.15) is 5.26 Å². The Labute approximate surface area is 145 Å². The summed E-state index contributed by atoms with van der Waals surface area (Å²) < 4.78 is 0. The van der Waals surface area contributed by atoms with Gasteiger partial charge in [-0.3, -0.25) is 14.9 Å². The smallest absolute Gasteiger partial charge is 0.269 e. The zero-order valence-electron chi connectivity index (χ0n) is 14.0. The van der Waals surface area contributed by atoms with Gasteiger partial charge in [0.05, 0.1) is 22.0 Å². The molecule has 0 saturated heterocycles. The van der Waals surface area contributed by atoms with E-state index < -0.39 is 10.3 Å². The first kappa shape index (κ1) is 16.7. The van der Waals surface area contributed by atoms with Gasteiger partial charge in [0.15, 0.2) is 0 Å². The number of carbonyl (C=O) groups excluding carboxylic acids is 1. The van der Waals surface area contributed by atoms with E-state index in [1.807, 2.05) is 19.9 Å². The molecule has 0 fully saturated rings. The zero-order chi connectivity index (χ0) is 18.2. The highest BCUT2D eigenvalue weighted by Crippen LogP contribution is 2.44. The summed E-state index contributed by atoms with van der Waals surface area (Å²) in [5.74, 6) is -0.0153. The first-order valence-corrected chi connectivity index (χ1v) is 8.00. The van der Waals surface area contributed by atoms with E-state index in [1.54, 1.807) is 29.2 Å². The lowest BCUT2D eigenvalue weighted by atomic mass is 9.78. The zero-order valence-corrected chi connectivity index (χ0v) is 14.0. The van der Waals surface area contributed by atoms with Crippen LogP contribution in [0.3, 0.4) is 0 Å². The maximum atomic E-state index is 13.0. The number of non-ortho nitro benzene ring substituents is 1. The molecule has 0 aliphatic carbocycles. The van der Waals surface area contributed by atoms with Crippen molar-refractivity contribution in [2.24, 2.45) is 0 Å². The van der Waals surface area contributed by atoms with Gasteiger partial charge in [-0.15, -0.1) is 0 Å². The normalized spacial score (nSPS) is 18.8. The molecule has 3 rings (SSSR count). The van der Waals surface area contributed by atoms with E-state index in [0.717, 1.165) is 16.8 Å². The van der Waals surface area contributed by atoms with Gasteiger partial charge in [-0.05, 0) is 49.6 Å². The van der Waals surface area contributed by atoms with Crippen LogP contribution in [0.5, 0.6) is 0 Å². The van der Waals surface area contributed by atoms with Crippen LogP contribution in [0.4, 0.5) is 11.4 Å². The Morgan fingerprint density at radius 2 is 1.92 bits per heavy atom. The summed E-state index contributed by atoms with van der Waals surface area (Å²) in [6, 6.07) is 13.7. The summed E-state index contributed by atoms with van der Waals surface area (Å²) >= 11 is 0. The fraction of sp³-hybridized carbons (Fsp3) is 0.263. The lowest BCUT2D eigenvalue weighted by Crippen LogP contribution is -2.39. The van der Waals surface area contributed by atoms with Gasteiger partial charge in [0.25, 0.3) is 5.69 Å². The second-order valence-corrected chi connectivity index (χ2v) is 6.33. The largest absolute Gasteiger partial charge is 0.312 e. The third-order valence-corrected chi connectivity index (χ3v) is 4.75. The fourth-order valence-corrected chi connectivity index (χ4v) is 3.43. The molecular formula is C19H17N3O3. The van der Waals surface area contributed by atoms with E-state index >= 15 is 0 Å². The van der Waals surface area contributed by atoms with Crippen LogP contribution in [0.2, 0.25) is 0 Å². The molecule has 0 N–H and O–H groups in total. The van der Waals surface area contributed by atoms with E-state index in [1.165, 1.54) is 12.1 Å². The minimum absolute atomic E-state index is 0.0153. The SMILES string of the molecule is CCN1C(=O)[C@@](C)(Cc2ccc([N+](=O)[O-])cc2)c2cc(C#N)ccc21. The summed E-state index contributed by atoms with van der Waals surface area (Å²) in [4.78, 5) is 25.1. The van der Waals surface area contributed by atoms with Crippen LogP contribution >= 0.6 is 0 Å². The number of carbonyl (C=O) groups is 1. The van der Waals surface area contributed by atoms with E-state index in [4.69, 9.17) is 0 Å².